The molecule has 0 atom stereocenters. The molecule has 1 aromatic rings. The average Bonchev–Trinajstić information content (AvgIpc) is 2.37. The van der Waals surface area contributed by atoms with Gasteiger partial charge in [-0.1, -0.05) is 12.2 Å². The van der Waals surface area contributed by atoms with Crippen molar-refractivity contribution in [3.63, 3.8) is 0 Å². The Kier molecular flexibility index (Phi) is 5.33. The summed E-state index contributed by atoms with van der Waals surface area (Å²) in [5.41, 5.74) is -0.227. The molecule has 0 unspecified atom stereocenters. The number of carbonyl (C=O) groups excluding carboxylic acids is 1. The normalized spacial score (nSPS) is 10.4. The standard InChI is InChI=1S/C12H12N2O6/c1-9(15)20-5-3-2-4-10-6-11(13(16)17)8-12(7-10)14(18)19/h2-3,6-8H,4-5H2,1H3/b3-2+. The lowest BCUT2D eigenvalue weighted by atomic mass is 10.1. The van der Waals surface area contributed by atoms with Gasteiger partial charge in [0.25, 0.3) is 11.4 Å². The molecule has 0 radical (unpaired) electrons. The van der Waals surface area contributed by atoms with Gasteiger partial charge in [0.1, 0.15) is 6.61 Å². The van der Waals surface area contributed by atoms with Crippen molar-refractivity contribution in [1.82, 2.24) is 0 Å². The highest BCUT2D eigenvalue weighted by Gasteiger charge is 2.15. The van der Waals surface area contributed by atoms with Crippen molar-refractivity contribution in [1.29, 1.82) is 0 Å². The molecule has 0 bridgehead atoms. The molecule has 8 heteroatoms. The summed E-state index contributed by atoms with van der Waals surface area (Å²) in [6.45, 7) is 1.37. The SMILES string of the molecule is CC(=O)OC/C=C/Cc1cc([N+](=O)[O-])cc([N+](=O)[O-])c1. The molecule has 0 amide bonds. The number of carbonyl (C=O) groups is 1. The first kappa shape index (κ1) is 15.3. The van der Waals surface area contributed by atoms with Crippen LogP contribution in [0.3, 0.4) is 0 Å². The molecule has 0 N–H and O–H groups in total. The fourth-order valence-electron chi connectivity index (χ4n) is 1.44. The van der Waals surface area contributed by atoms with Gasteiger partial charge >= 0.3 is 5.97 Å². The van der Waals surface area contributed by atoms with Gasteiger partial charge in [-0.3, -0.25) is 25.0 Å². The fourth-order valence-corrected chi connectivity index (χ4v) is 1.44. The quantitative estimate of drug-likeness (QED) is 0.341. The van der Waals surface area contributed by atoms with Crippen LogP contribution in [-0.4, -0.2) is 22.4 Å². The number of hydrogen-bond acceptors (Lipinski definition) is 6. The number of non-ortho nitro benzene ring substituents is 2. The number of hydrogen-bond donors (Lipinski definition) is 0. The highest BCUT2D eigenvalue weighted by atomic mass is 16.6. The third-order valence-corrected chi connectivity index (χ3v) is 2.29. The minimum atomic E-state index is -0.681. The molecule has 0 heterocycles. The topological polar surface area (TPSA) is 113 Å². The smallest absolute Gasteiger partial charge is 0.302 e. The van der Waals surface area contributed by atoms with E-state index in [1.165, 1.54) is 19.1 Å². The van der Waals surface area contributed by atoms with E-state index >= 15 is 0 Å². The lowest BCUT2D eigenvalue weighted by Crippen LogP contribution is -1.98. The van der Waals surface area contributed by atoms with Gasteiger partial charge in [0.15, 0.2) is 0 Å². The van der Waals surface area contributed by atoms with Crippen LogP contribution in [0.2, 0.25) is 0 Å². The maximum absolute atomic E-state index is 10.7. The fraction of sp³-hybridized carbons (Fsp3) is 0.250. The molecule has 0 aliphatic carbocycles. The Bertz CT molecular complexity index is 535. The Labute approximate surface area is 114 Å². The van der Waals surface area contributed by atoms with E-state index in [9.17, 15) is 25.0 Å². The Morgan fingerprint density at radius 2 is 1.70 bits per heavy atom. The third-order valence-electron chi connectivity index (χ3n) is 2.29. The van der Waals surface area contributed by atoms with Gasteiger partial charge in [-0.2, -0.15) is 0 Å². The van der Waals surface area contributed by atoms with Gasteiger partial charge in [0.2, 0.25) is 0 Å². The first-order valence-electron chi connectivity index (χ1n) is 5.61. The number of ether oxygens (including phenoxy) is 1. The summed E-state index contributed by atoms with van der Waals surface area (Å²) in [4.78, 5) is 30.5. The molecule has 20 heavy (non-hydrogen) atoms. The van der Waals surface area contributed by atoms with Crippen LogP contribution in [0.4, 0.5) is 11.4 Å². The number of benzene rings is 1. The second kappa shape index (κ2) is 6.98. The van der Waals surface area contributed by atoms with E-state index < -0.39 is 15.8 Å². The highest BCUT2D eigenvalue weighted by molar-refractivity contribution is 5.66. The Balaban J connectivity index is 2.81. The monoisotopic (exact) mass is 280 g/mol. The largest absolute Gasteiger partial charge is 0.462 e. The Morgan fingerprint density at radius 3 is 2.15 bits per heavy atom. The van der Waals surface area contributed by atoms with Gasteiger partial charge in [-0.05, 0) is 12.0 Å². The molecule has 1 rings (SSSR count). The predicted octanol–water partition coefficient (Wildman–Crippen LogP) is 2.16. The molecular formula is C12H12N2O6. The van der Waals surface area contributed by atoms with Gasteiger partial charge in [0.05, 0.1) is 15.9 Å². The summed E-state index contributed by atoms with van der Waals surface area (Å²) in [7, 11) is 0. The molecular weight excluding hydrogens is 268 g/mol. The number of nitro benzene ring substituents is 2. The zero-order valence-electron chi connectivity index (χ0n) is 10.6. The highest BCUT2D eigenvalue weighted by Crippen LogP contribution is 2.23. The van der Waals surface area contributed by atoms with Crippen molar-refractivity contribution in [2.45, 2.75) is 13.3 Å². The second-order valence-corrected chi connectivity index (χ2v) is 3.85. The van der Waals surface area contributed by atoms with Crippen LogP contribution in [0, 0.1) is 20.2 Å². The maximum Gasteiger partial charge on any atom is 0.302 e. The molecule has 0 saturated carbocycles. The van der Waals surface area contributed by atoms with Crippen molar-refractivity contribution in [3.05, 3.63) is 56.1 Å². The van der Waals surface area contributed by atoms with Gasteiger partial charge < -0.3 is 4.74 Å². The summed E-state index contributed by atoms with van der Waals surface area (Å²) >= 11 is 0. The first-order valence-corrected chi connectivity index (χ1v) is 5.61. The van der Waals surface area contributed by atoms with Crippen molar-refractivity contribution in [2.75, 3.05) is 6.61 Å². The molecule has 0 aromatic heterocycles. The van der Waals surface area contributed by atoms with Crippen LogP contribution in [0.1, 0.15) is 12.5 Å². The minimum Gasteiger partial charge on any atom is -0.462 e. The molecule has 0 spiro atoms. The summed E-state index contributed by atoms with van der Waals surface area (Å²) < 4.78 is 4.66. The Morgan fingerprint density at radius 1 is 1.15 bits per heavy atom. The summed E-state index contributed by atoms with van der Waals surface area (Å²) in [6, 6.07) is 3.44. The van der Waals surface area contributed by atoms with Crippen LogP contribution in [0.25, 0.3) is 0 Å². The zero-order chi connectivity index (χ0) is 15.1. The third kappa shape index (κ3) is 4.84. The van der Waals surface area contributed by atoms with E-state index in [1.54, 1.807) is 12.2 Å². The number of esters is 1. The molecule has 106 valence electrons. The Hall–Kier alpha value is -2.77. The number of allylic oxidation sites excluding steroid dienone is 1. The maximum atomic E-state index is 10.7. The van der Waals surface area contributed by atoms with Crippen LogP contribution in [-0.2, 0) is 16.0 Å². The minimum absolute atomic E-state index is 0.0896. The van der Waals surface area contributed by atoms with E-state index in [0.717, 1.165) is 6.07 Å². The molecule has 0 aliphatic heterocycles. The van der Waals surface area contributed by atoms with Crippen molar-refractivity contribution in [3.8, 4) is 0 Å². The lowest BCUT2D eigenvalue weighted by molar-refractivity contribution is -0.394. The zero-order valence-corrected chi connectivity index (χ0v) is 10.6. The summed E-state index contributed by atoms with van der Waals surface area (Å²) in [5, 5.41) is 21.4. The van der Waals surface area contributed by atoms with E-state index in [4.69, 9.17) is 0 Å². The van der Waals surface area contributed by atoms with Crippen LogP contribution in [0.5, 0.6) is 0 Å². The molecule has 0 saturated heterocycles. The number of rotatable bonds is 6. The second-order valence-electron chi connectivity index (χ2n) is 3.85. The molecule has 0 fully saturated rings. The van der Waals surface area contributed by atoms with Gasteiger partial charge in [0, 0.05) is 19.1 Å². The van der Waals surface area contributed by atoms with E-state index in [-0.39, 0.29) is 24.4 Å². The lowest BCUT2D eigenvalue weighted by Gasteiger charge is -1.99. The van der Waals surface area contributed by atoms with Crippen molar-refractivity contribution < 1.29 is 19.4 Å². The van der Waals surface area contributed by atoms with Crippen LogP contribution in [0.15, 0.2) is 30.4 Å². The van der Waals surface area contributed by atoms with Gasteiger partial charge in [-0.25, -0.2) is 0 Å². The number of nitrogens with zero attached hydrogens (tertiary/aromatic N) is 2. The predicted molar refractivity (Wildman–Crippen MR) is 69.2 cm³/mol. The van der Waals surface area contributed by atoms with Gasteiger partial charge in [-0.15, -0.1) is 0 Å². The average molecular weight is 280 g/mol. The van der Waals surface area contributed by atoms with Crippen LogP contribution < -0.4 is 0 Å². The first-order chi connectivity index (χ1) is 9.40. The summed E-state index contributed by atoms with van der Waals surface area (Å²) in [6.07, 6.45) is 3.45. The van der Waals surface area contributed by atoms with E-state index in [1.807, 2.05) is 0 Å². The van der Waals surface area contributed by atoms with Crippen molar-refractivity contribution in [2.24, 2.45) is 0 Å². The molecule has 0 aliphatic rings. The summed E-state index contributed by atoms with van der Waals surface area (Å²) in [5.74, 6) is -0.416. The van der Waals surface area contributed by atoms with Crippen LogP contribution >= 0.6 is 0 Å². The van der Waals surface area contributed by atoms with E-state index in [2.05, 4.69) is 4.74 Å². The van der Waals surface area contributed by atoms with Crippen molar-refractivity contribution >= 4 is 17.3 Å². The van der Waals surface area contributed by atoms with E-state index in [0.29, 0.717) is 5.56 Å². The molecule has 8 nitrogen and oxygen atoms in total. The molecule has 1 aromatic carbocycles. The number of nitro groups is 2.